The van der Waals surface area contributed by atoms with Gasteiger partial charge < -0.3 is 20.5 Å². The van der Waals surface area contributed by atoms with Gasteiger partial charge in [-0.05, 0) is 50.9 Å². The minimum atomic E-state index is 0.388. The molecule has 1 aromatic carbocycles. The summed E-state index contributed by atoms with van der Waals surface area (Å²) in [6.07, 6.45) is 2.53. The van der Waals surface area contributed by atoms with Crippen molar-refractivity contribution in [3.8, 4) is 11.5 Å². The molecule has 6 nitrogen and oxygen atoms in total. The monoisotopic (exact) mass is 334 g/mol. The fourth-order valence-corrected chi connectivity index (χ4v) is 2.90. The topological polar surface area (TPSA) is 72.1 Å². The standard InChI is InChI=1S/C18H30N4O2/c1-13-7-9-22(10-8-13)14(2)12-20-18(19)21-16-11-15(23-3)5-6-17(16)24-4/h5-6,11,13-14H,7-10,12H2,1-4H3,(H3,19,20,21). The summed E-state index contributed by atoms with van der Waals surface area (Å²) in [6, 6.07) is 5.92. The van der Waals surface area contributed by atoms with Crippen LogP contribution in [0.1, 0.15) is 26.7 Å². The van der Waals surface area contributed by atoms with Gasteiger partial charge in [0.1, 0.15) is 11.5 Å². The molecule has 0 aromatic heterocycles. The van der Waals surface area contributed by atoms with Gasteiger partial charge in [-0.1, -0.05) is 6.92 Å². The number of piperidine rings is 1. The maximum Gasteiger partial charge on any atom is 0.193 e. The average molecular weight is 334 g/mol. The molecular formula is C18H30N4O2. The van der Waals surface area contributed by atoms with E-state index in [1.807, 2.05) is 18.2 Å². The summed E-state index contributed by atoms with van der Waals surface area (Å²) >= 11 is 0. The van der Waals surface area contributed by atoms with E-state index in [0.29, 0.717) is 24.3 Å². The summed E-state index contributed by atoms with van der Waals surface area (Å²) in [6.45, 7) is 7.51. The number of likely N-dealkylation sites (tertiary alicyclic amines) is 1. The number of methoxy groups -OCH3 is 2. The Balaban J connectivity index is 1.94. The number of ether oxygens (including phenoxy) is 2. The van der Waals surface area contributed by atoms with Crippen LogP contribution in [0.15, 0.2) is 23.2 Å². The summed E-state index contributed by atoms with van der Waals surface area (Å²) in [7, 11) is 3.25. The molecule has 2 rings (SSSR count). The third-order valence-corrected chi connectivity index (χ3v) is 4.64. The van der Waals surface area contributed by atoms with Gasteiger partial charge in [-0.2, -0.15) is 0 Å². The van der Waals surface area contributed by atoms with E-state index in [0.717, 1.165) is 30.4 Å². The molecule has 3 N–H and O–H groups in total. The van der Waals surface area contributed by atoms with Crippen molar-refractivity contribution in [2.45, 2.75) is 32.7 Å². The molecule has 1 heterocycles. The van der Waals surface area contributed by atoms with Crippen molar-refractivity contribution in [2.24, 2.45) is 16.6 Å². The molecule has 0 radical (unpaired) electrons. The summed E-state index contributed by atoms with van der Waals surface area (Å²) in [5.74, 6) is 2.66. The van der Waals surface area contributed by atoms with Crippen molar-refractivity contribution in [1.82, 2.24) is 4.90 Å². The zero-order valence-electron chi connectivity index (χ0n) is 15.2. The Kier molecular flexibility index (Phi) is 6.73. The molecule has 0 saturated carbocycles. The molecule has 1 atom stereocenters. The molecule has 0 aliphatic carbocycles. The van der Waals surface area contributed by atoms with Crippen molar-refractivity contribution in [2.75, 3.05) is 39.2 Å². The minimum absolute atomic E-state index is 0.388. The van der Waals surface area contributed by atoms with E-state index >= 15 is 0 Å². The summed E-state index contributed by atoms with van der Waals surface area (Å²) < 4.78 is 10.6. The van der Waals surface area contributed by atoms with Crippen LogP contribution >= 0.6 is 0 Å². The number of benzene rings is 1. The molecule has 1 aromatic rings. The van der Waals surface area contributed by atoms with Crippen molar-refractivity contribution in [3.63, 3.8) is 0 Å². The second-order valence-electron chi connectivity index (χ2n) is 6.48. The third-order valence-electron chi connectivity index (χ3n) is 4.64. The number of nitrogens with zero attached hydrogens (tertiary/aromatic N) is 2. The maximum atomic E-state index is 6.04. The van der Waals surface area contributed by atoms with E-state index in [1.54, 1.807) is 14.2 Å². The van der Waals surface area contributed by atoms with E-state index in [-0.39, 0.29) is 0 Å². The smallest absolute Gasteiger partial charge is 0.193 e. The summed E-state index contributed by atoms with van der Waals surface area (Å²) in [5.41, 5.74) is 6.79. The summed E-state index contributed by atoms with van der Waals surface area (Å²) in [5, 5.41) is 3.11. The van der Waals surface area contributed by atoms with Crippen LogP contribution in [-0.4, -0.2) is 50.8 Å². The van der Waals surface area contributed by atoms with Gasteiger partial charge in [-0.3, -0.25) is 9.89 Å². The van der Waals surface area contributed by atoms with Crippen LogP contribution in [0.4, 0.5) is 5.69 Å². The van der Waals surface area contributed by atoms with Crippen molar-refractivity contribution >= 4 is 11.6 Å². The second-order valence-corrected chi connectivity index (χ2v) is 6.48. The molecule has 24 heavy (non-hydrogen) atoms. The molecule has 0 amide bonds. The average Bonchev–Trinajstić information content (AvgIpc) is 2.60. The lowest BCUT2D eigenvalue weighted by atomic mass is 9.98. The third kappa shape index (κ3) is 5.03. The Morgan fingerprint density at radius 3 is 2.67 bits per heavy atom. The van der Waals surface area contributed by atoms with Crippen molar-refractivity contribution in [3.05, 3.63) is 18.2 Å². The second kappa shape index (κ2) is 8.78. The van der Waals surface area contributed by atoms with Gasteiger partial charge in [0.05, 0.1) is 26.5 Å². The largest absolute Gasteiger partial charge is 0.497 e. The highest BCUT2D eigenvalue weighted by Crippen LogP contribution is 2.28. The maximum absolute atomic E-state index is 6.04. The Morgan fingerprint density at radius 2 is 2.04 bits per heavy atom. The quantitative estimate of drug-likeness (QED) is 0.618. The number of rotatable bonds is 6. The van der Waals surface area contributed by atoms with Crippen LogP contribution in [0.25, 0.3) is 0 Å². The molecule has 1 aliphatic rings. The first-order valence-corrected chi connectivity index (χ1v) is 8.56. The van der Waals surface area contributed by atoms with Crippen LogP contribution in [0.3, 0.4) is 0 Å². The first-order valence-electron chi connectivity index (χ1n) is 8.56. The number of hydrogen-bond donors (Lipinski definition) is 2. The number of nitrogens with two attached hydrogens (primary N) is 1. The van der Waals surface area contributed by atoms with Crippen LogP contribution in [0.5, 0.6) is 11.5 Å². The first-order chi connectivity index (χ1) is 11.5. The first kappa shape index (κ1) is 18.4. The fraction of sp³-hybridized carbons (Fsp3) is 0.611. The lowest BCUT2D eigenvalue weighted by molar-refractivity contribution is 0.150. The molecule has 0 bridgehead atoms. The highest BCUT2D eigenvalue weighted by atomic mass is 16.5. The van der Waals surface area contributed by atoms with Crippen LogP contribution in [0.2, 0.25) is 0 Å². The number of guanidine groups is 1. The number of nitrogens with one attached hydrogen (secondary N) is 1. The van der Waals surface area contributed by atoms with E-state index < -0.39 is 0 Å². The SMILES string of the molecule is COc1ccc(OC)c(NC(N)=NCC(C)N2CCC(C)CC2)c1. The van der Waals surface area contributed by atoms with Gasteiger partial charge in [-0.25, -0.2) is 0 Å². The fourth-order valence-electron chi connectivity index (χ4n) is 2.90. The Morgan fingerprint density at radius 1 is 1.33 bits per heavy atom. The van der Waals surface area contributed by atoms with Crippen LogP contribution in [0, 0.1) is 5.92 Å². The predicted octanol–water partition coefficient (Wildman–Crippen LogP) is 2.55. The predicted molar refractivity (Wildman–Crippen MR) is 99.1 cm³/mol. The highest BCUT2D eigenvalue weighted by molar-refractivity contribution is 5.94. The van der Waals surface area contributed by atoms with E-state index in [1.165, 1.54) is 12.8 Å². The molecule has 1 aliphatic heterocycles. The van der Waals surface area contributed by atoms with Gasteiger partial charge in [0.25, 0.3) is 0 Å². The zero-order valence-corrected chi connectivity index (χ0v) is 15.2. The molecule has 6 heteroatoms. The van der Waals surface area contributed by atoms with Gasteiger partial charge >= 0.3 is 0 Å². The number of anilines is 1. The Hall–Kier alpha value is -1.95. The minimum Gasteiger partial charge on any atom is -0.497 e. The summed E-state index contributed by atoms with van der Waals surface area (Å²) in [4.78, 5) is 6.98. The van der Waals surface area contributed by atoms with Gasteiger partial charge in [0, 0.05) is 12.1 Å². The van der Waals surface area contributed by atoms with E-state index in [2.05, 4.69) is 29.1 Å². The number of hydrogen-bond acceptors (Lipinski definition) is 4. The van der Waals surface area contributed by atoms with Crippen LogP contribution < -0.4 is 20.5 Å². The normalized spacial score (nSPS) is 18.2. The molecule has 0 spiro atoms. The molecule has 1 unspecified atom stereocenters. The van der Waals surface area contributed by atoms with Crippen LogP contribution in [-0.2, 0) is 0 Å². The molecular weight excluding hydrogens is 304 g/mol. The van der Waals surface area contributed by atoms with E-state index in [9.17, 15) is 0 Å². The van der Waals surface area contributed by atoms with Gasteiger partial charge in [0.15, 0.2) is 5.96 Å². The highest BCUT2D eigenvalue weighted by Gasteiger charge is 2.19. The van der Waals surface area contributed by atoms with Crippen molar-refractivity contribution < 1.29 is 9.47 Å². The number of aliphatic imine (C=N–C) groups is 1. The Labute approximate surface area is 145 Å². The Bertz CT molecular complexity index is 554. The lowest BCUT2D eigenvalue weighted by Crippen LogP contribution is -2.41. The molecule has 1 saturated heterocycles. The molecule has 1 fully saturated rings. The van der Waals surface area contributed by atoms with Crippen molar-refractivity contribution in [1.29, 1.82) is 0 Å². The van der Waals surface area contributed by atoms with Gasteiger partial charge in [0.2, 0.25) is 0 Å². The van der Waals surface area contributed by atoms with E-state index in [4.69, 9.17) is 15.2 Å². The zero-order chi connectivity index (χ0) is 17.5. The molecule has 134 valence electrons. The lowest BCUT2D eigenvalue weighted by Gasteiger charge is -2.34. The van der Waals surface area contributed by atoms with Gasteiger partial charge in [-0.15, -0.1) is 0 Å².